The fourth-order valence-corrected chi connectivity index (χ4v) is 3.09. The lowest BCUT2D eigenvalue weighted by atomic mass is 9.71. The Morgan fingerprint density at radius 2 is 1.95 bits per heavy atom. The topological polar surface area (TPSA) is 66.6 Å². The first-order valence-corrected chi connectivity index (χ1v) is 7.65. The van der Waals surface area contributed by atoms with Gasteiger partial charge >= 0.3 is 0 Å². The number of aliphatic hydroxyl groups excluding tert-OH is 1. The van der Waals surface area contributed by atoms with Crippen LogP contribution in [0.3, 0.4) is 0 Å². The molecule has 0 aliphatic heterocycles. The van der Waals surface area contributed by atoms with Crippen LogP contribution in [0.2, 0.25) is 0 Å². The lowest BCUT2D eigenvalue weighted by molar-refractivity contribution is -0.136. The Morgan fingerprint density at radius 1 is 1.32 bits per heavy atom. The Hall–Kier alpha value is -0.610. The Kier molecular flexibility index (Phi) is 6.80. The van der Waals surface area contributed by atoms with Crippen LogP contribution in [-0.4, -0.2) is 41.7 Å². The first-order valence-electron chi connectivity index (χ1n) is 7.65. The molecule has 0 unspecified atom stereocenters. The van der Waals surface area contributed by atoms with Gasteiger partial charge < -0.3 is 15.7 Å². The van der Waals surface area contributed by atoms with Gasteiger partial charge in [0.05, 0.1) is 0 Å². The summed E-state index contributed by atoms with van der Waals surface area (Å²) in [4.78, 5) is 14.4. The van der Waals surface area contributed by atoms with Gasteiger partial charge in [0.25, 0.3) is 0 Å². The Balaban J connectivity index is 2.62. The van der Waals surface area contributed by atoms with Crippen molar-refractivity contribution in [2.45, 2.75) is 64.8 Å². The van der Waals surface area contributed by atoms with Crippen molar-refractivity contribution in [1.82, 2.24) is 4.90 Å². The van der Waals surface area contributed by atoms with E-state index in [2.05, 4.69) is 0 Å². The number of rotatable bonds is 7. The maximum atomic E-state index is 12.5. The van der Waals surface area contributed by atoms with E-state index in [0.717, 1.165) is 12.8 Å². The predicted molar refractivity (Wildman–Crippen MR) is 77.7 cm³/mol. The van der Waals surface area contributed by atoms with Crippen molar-refractivity contribution in [2.24, 2.45) is 11.1 Å². The molecular weight excluding hydrogens is 240 g/mol. The van der Waals surface area contributed by atoms with Crippen molar-refractivity contribution in [1.29, 1.82) is 0 Å². The summed E-state index contributed by atoms with van der Waals surface area (Å²) in [6.45, 7) is 5.47. The van der Waals surface area contributed by atoms with Gasteiger partial charge in [0.1, 0.15) is 0 Å². The molecule has 0 bridgehead atoms. The van der Waals surface area contributed by atoms with Gasteiger partial charge in [-0.2, -0.15) is 0 Å². The van der Waals surface area contributed by atoms with Gasteiger partial charge in [-0.1, -0.05) is 19.3 Å². The number of hydrogen-bond donors (Lipinski definition) is 2. The molecule has 0 aromatic rings. The molecule has 4 nitrogen and oxygen atoms in total. The maximum absolute atomic E-state index is 12.5. The molecule has 19 heavy (non-hydrogen) atoms. The molecule has 0 radical (unpaired) electrons. The highest BCUT2D eigenvalue weighted by molar-refractivity contribution is 5.77. The second-order valence-corrected chi connectivity index (χ2v) is 6.20. The standard InChI is InChI=1S/C15H30N2O2/c1-13(2)17(9-6-10-18)14(19)11-15(12-16)7-4-3-5-8-15/h13,18H,3-12,16H2,1-2H3. The van der Waals surface area contributed by atoms with Crippen molar-refractivity contribution < 1.29 is 9.90 Å². The van der Waals surface area contributed by atoms with Crippen LogP contribution in [0.4, 0.5) is 0 Å². The maximum Gasteiger partial charge on any atom is 0.223 e. The summed E-state index contributed by atoms with van der Waals surface area (Å²) in [6, 6.07) is 0.192. The van der Waals surface area contributed by atoms with Gasteiger partial charge in [0.2, 0.25) is 5.91 Å². The summed E-state index contributed by atoms with van der Waals surface area (Å²) < 4.78 is 0. The molecule has 1 aliphatic rings. The van der Waals surface area contributed by atoms with Crippen molar-refractivity contribution in [3.63, 3.8) is 0 Å². The van der Waals surface area contributed by atoms with Crippen molar-refractivity contribution in [3.05, 3.63) is 0 Å². The van der Waals surface area contributed by atoms with Crippen molar-refractivity contribution in [2.75, 3.05) is 19.7 Å². The first kappa shape index (κ1) is 16.4. The van der Waals surface area contributed by atoms with Crippen LogP contribution in [0.1, 0.15) is 58.8 Å². The zero-order valence-electron chi connectivity index (χ0n) is 12.5. The van der Waals surface area contributed by atoms with Gasteiger partial charge in [-0.3, -0.25) is 4.79 Å². The summed E-state index contributed by atoms with van der Waals surface area (Å²) >= 11 is 0. The predicted octanol–water partition coefficient (Wildman–Crippen LogP) is 1.91. The third-order valence-corrected chi connectivity index (χ3v) is 4.37. The van der Waals surface area contributed by atoms with Crippen molar-refractivity contribution in [3.8, 4) is 0 Å². The molecule has 4 heteroatoms. The molecule has 112 valence electrons. The van der Waals surface area contributed by atoms with E-state index in [9.17, 15) is 4.79 Å². The van der Waals surface area contributed by atoms with E-state index in [-0.39, 0.29) is 24.0 Å². The van der Waals surface area contributed by atoms with Crippen LogP contribution in [-0.2, 0) is 4.79 Å². The quantitative estimate of drug-likeness (QED) is 0.742. The molecular formula is C15H30N2O2. The van der Waals surface area contributed by atoms with Crippen molar-refractivity contribution >= 4 is 5.91 Å². The molecule has 0 atom stereocenters. The average Bonchev–Trinajstić information content (AvgIpc) is 2.39. The monoisotopic (exact) mass is 270 g/mol. The highest BCUT2D eigenvalue weighted by Gasteiger charge is 2.34. The molecule has 1 amide bonds. The lowest BCUT2D eigenvalue weighted by Crippen LogP contribution is -2.43. The fraction of sp³-hybridized carbons (Fsp3) is 0.933. The zero-order chi connectivity index (χ0) is 14.3. The number of nitrogens with zero attached hydrogens (tertiary/aromatic N) is 1. The normalized spacial score (nSPS) is 18.6. The summed E-state index contributed by atoms with van der Waals surface area (Å²) in [5.41, 5.74) is 5.98. The molecule has 1 saturated carbocycles. The average molecular weight is 270 g/mol. The lowest BCUT2D eigenvalue weighted by Gasteiger charge is -2.38. The Morgan fingerprint density at radius 3 is 2.42 bits per heavy atom. The molecule has 1 fully saturated rings. The summed E-state index contributed by atoms with van der Waals surface area (Å²) in [6.07, 6.45) is 7.06. The first-order chi connectivity index (χ1) is 9.04. The highest BCUT2D eigenvalue weighted by atomic mass is 16.3. The number of aliphatic hydroxyl groups is 1. The van der Waals surface area contributed by atoms with Crippen LogP contribution >= 0.6 is 0 Å². The molecule has 1 aliphatic carbocycles. The van der Waals surface area contributed by atoms with Gasteiger partial charge in [-0.05, 0) is 45.1 Å². The largest absolute Gasteiger partial charge is 0.396 e. The number of carbonyl (C=O) groups excluding carboxylic acids is 1. The minimum atomic E-state index is 0.0295. The molecule has 0 saturated heterocycles. The zero-order valence-corrected chi connectivity index (χ0v) is 12.5. The smallest absolute Gasteiger partial charge is 0.223 e. The molecule has 0 heterocycles. The minimum Gasteiger partial charge on any atom is -0.396 e. The van der Waals surface area contributed by atoms with E-state index in [1.165, 1.54) is 19.3 Å². The molecule has 1 rings (SSSR count). The second-order valence-electron chi connectivity index (χ2n) is 6.20. The van der Waals surface area contributed by atoms with Gasteiger partial charge in [-0.15, -0.1) is 0 Å². The van der Waals surface area contributed by atoms with Crippen LogP contribution in [0.5, 0.6) is 0 Å². The number of nitrogens with two attached hydrogens (primary N) is 1. The molecule has 0 aromatic carbocycles. The van der Waals surface area contributed by atoms with E-state index >= 15 is 0 Å². The van der Waals surface area contributed by atoms with Gasteiger partial charge in [-0.25, -0.2) is 0 Å². The van der Waals surface area contributed by atoms with E-state index < -0.39 is 0 Å². The summed E-state index contributed by atoms with van der Waals surface area (Å²) in [5, 5.41) is 8.94. The number of amides is 1. The van der Waals surface area contributed by atoms with E-state index in [4.69, 9.17) is 10.8 Å². The van der Waals surface area contributed by atoms with Crippen LogP contribution in [0.25, 0.3) is 0 Å². The fourth-order valence-electron chi connectivity index (χ4n) is 3.09. The summed E-state index contributed by atoms with van der Waals surface area (Å²) in [7, 11) is 0. The Bertz CT molecular complexity index is 273. The summed E-state index contributed by atoms with van der Waals surface area (Å²) in [5.74, 6) is 0.204. The van der Waals surface area contributed by atoms with Crippen LogP contribution in [0.15, 0.2) is 0 Å². The van der Waals surface area contributed by atoms with E-state index in [1.54, 1.807) is 0 Å². The molecule has 0 spiro atoms. The molecule has 0 aromatic heterocycles. The SMILES string of the molecule is CC(C)N(CCCO)C(=O)CC1(CN)CCCCC1. The number of carbonyl (C=O) groups is 1. The second kappa shape index (κ2) is 7.85. The van der Waals surface area contributed by atoms with Crippen LogP contribution < -0.4 is 5.73 Å². The van der Waals surface area contributed by atoms with Gasteiger partial charge in [0.15, 0.2) is 0 Å². The Labute approximate surface area is 117 Å². The minimum absolute atomic E-state index is 0.0295. The highest BCUT2D eigenvalue weighted by Crippen LogP contribution is 2.38. The third-order valence-electron chi connectivity index (χ3n) is 4.37. The van der Waals surface area contributed by atoms with E-state index in [1.807, 2.05) is 18.7 Å². The third kappa shape index (κ3) is 4.77. The van der Waals surface area contributed by atoms with Gasteiger partial charge in [0, 0.05) is 25.6 Å². The molecule has 3 N–H and O–H groups in total. The van der Waals surface area contributed by atoms with E-state index in [0.29, 0.717) is 25.9 Å². The number of hydrogen-bond acceptors (Lipinski definition) is 3. The van der Waals surface area contributed by atoms with Crippen LogP contribution in [0, 0.1) is 5.41 Å².